The zero-order valence-electron chi connectivity index (χ0n) is 16.1. The van der Waals surface area contributed by atoms with Gasteiger partial charge in [-0.1, -0.05) is 42.5 Å². The molecular weight excluding hydrogens is 386 g/mol. The maximum atomic E-state index is 12.6. The van der Waals surface area contributed by atoms with Gasteiger partial charge in [0.2, 0.25) is 10.0 Å². The summed E-state index contributed by atoms with van der Waals surface area (Å²) in [5.74, 6) is -0.307. The molecule has 0 saturated heterocycles. The molecule has 3 aromatic rings. The van der Waals surface area contributed by atoms with E-state index in [0.717, 1.165) is 11.3 Å². The second-order valence-corrected chi connectivity index (χ2v) is 8.38. The lowest BCUT2D eigenvalue weighted by atomic mass is 10.1. The van der Waals surface area contributed by atoms with E-state index >= 15 is 0 Å². The number of nitrogens with one attached hydrogen (secondary N) is 2. The summed E-state index contributed by atoms with van der Waals surface area (Å²) in [5, 5.41) is 2.83. The SMILES string of the molecule is Cc1ccc(S(=O)(=O)NCc2ccccc2)cc1C(=O)NCCc1ccccn1. The van der Waals surface area contributed by atoms with Gasteiger partial charge in [-0.3, -0.25) is 9.78 Å². The van der Waals surface area contributed by atoms with E-state index in [-0.39, 0.29) is 17.3 Å². The molecular formula is C22H23N3O3S. The Bertz CT molecular complexity index is 1070. The molecule has 3 rings (SSSR count). The highest BCUT2D eigenvalue weighted by molar-refractivity contribution is 7.89. The van der Waals surface area contributed by atoms with Crippen LogP contribution >= 0.6 is 0 Å². The van der Waals surface area contributed by atoms with Crippen LogP contribution in [0.4, 0.5) is 0 Å². The number of nitrogens with zero attached hydrogens (tertiary/aromatic N) is 1. The standard InChI is InChI=1S/C22H23N3O3S/c1-17-10-11-20(29(27,28)25-16-18-7-3-2-4-8-18)15-21(17)22(26)24-14-12-19-9-5-6-13-23-19/h2-11,13,15,25H,12,14,16H2,1H3,(H,24,26). The first kappa shape index (κ1) is 20.7. The molecule has 0 spiro atoms. The number of sulfonamides is 1. The fourth-order valence-electron chi connectivity index (χ4n) is 2.82. The van der Waals surface area contributed by atoms with Gasteiger partial charge in [0.15, 0.2) is 0 Å². The smallest absolute Gasteiger partial charge is 0.251 e. The van der Waals surface area contributed by atoms with Crippen molar-refractivity contribution in [1.29, 1.82) is 0 Å². The van der Waals surface area contributed by atoms with Gasteiger partial charge < -0.3 is 5.32 Å². The van der Waals surface area contributed by atoms with E-state index in [1.807, 2.05) is 48.5 Å². The van der Waals surface area contributed by atoms with E-state index in [4.69, 9.17) is 0 Å². The summed E-state index contributed by atoms with van der Waals surface area (Å²) < 4.78 is 27.9. The Kier molecular flexibility index (Phi) is 6.74. The van der Waals surface area contributed by atoms with E-state index in [1.54, 1.807) is 19.2 Å². The Labute approximate surface area is 171 Å². The molecule has 0 aliphatic rings. The summed E-state index contributed by atoms with van der Waals surface area (Å²) in [6.45, 7) is 2.38. The van der Waals surface area contributed by atoms with Crippen molar-refractivity contribution >= 4 is 15.9 Å². The van der Waals surface area contributed by atoms with Crippen LogP contribution in [0, 0.1) is 6.92 Å². The number of benzene rings is 2. The Balaban J connectivity index is 1.67. The highest BCUT2D eigenvalue weighted by Gasteiger charge is 2.18. The molecule has 0 fully saturated rings. The highest BCUT2D eigenvalue weighted by atomic mass is 32.2. The second kappa shape index (κ2) is 9.45. The van der Waals surface area contributed by atoms with Crippen LogP contribution in [-0.2, 0) is 23.0 Å². The summed E-state index contributed by atoms with van der Waals surface area (Å²) in [7, 11) is -3.73. The summed E-state index contributed by atoms with van der Waals surface area (Å²) in [6, 6.07) is 19.5. The average molecular weight is 410 g/mol. The van der Waals surface area contributed by atoms with Crippen molar-refractivity contribution in [3.05, 3.63) is 95.3 Å². The van der Waals surface area contributed by atoms with Crippen molar-refractivity contribution in [2.75, 3.05) is 6.54 Å². The molecule has 1 amide bonds. The number of pyridine rings is 1. The van der Waals surface area contributed by atoms with Gasteiger partial charge in [-0.2, -0.15) is 0 Å². The molecule has 29 heavy (non-hydrogen) atoms. The van der Waals surface area contributed by atoms with Gasteiger partial charge in [-0.25, -0.2) is 13.1 Å². The number of hydrogen-bond acceptors (Lipinski definition) is 4. The van der Waals surface area contributed by atoms with Gasteiger partial charge in [0.05, 0.1) is 4.90 Å². The summed E-state index contributed by atoms with van der Waals surface area (Å²) in [6.07, 6.45) is 2.31. The van der Waals surface area contributed by atoms with Crippen molar-refractivity contribution < 1.29 is 13.2 Å². The summed E-state index contributed by atoms with van der Waals surface area (Å²) in [4.78, 5) is 16.9. The second-order valence-electron chi connectivity index (χ2n) is 6.61. The number of aryl methyl sites for hydroxylation is 1. The van der Waals surface area contributed by atoms with Crippen LogP contribution in [0.25, 0.3) is 0 Å². The van der Waals surface area contributed by atoms with E-state index in [1.165, 1.54) is 12.1 Å². The molecule has 0 bridgehead atoms. The van der Waals surface area contributed by atoms with Crippen LogP contribution in [0.5, 0.6) is 0 Å². The van der Waals surface area contributed by atoms with Gasteiger partial charge in [0.1, 0.15) is 0 Å². The van der Waals surface area contributed by atoms with Gasteiger partial charge in [0, 0.05) is 37.0 Å². The monoisotopic (exact) mass is 409 g/mol. The van der Waals surface area contributed by atoms with Crippen LogP contribution in [-0.4, -0.2) is 25.9 Å². The maximum Gasteiger partial charge on any atom is 0.251 e. The maximum absolute atomic E-state index is 12.6. The molecule has 2 aromatic carbocycles. The van der Waals surface area contributed by atoms with E-state index < -0.39 is 10.0 Å². The minimum absolute atomic E-state index is 0.0638. The van der Waals surface area contributed by atoms with Crippen LogP contribution in [0.3, 0.4) is 0 Å². The molecule has 2 N–H and O–H groups in total. The average Bonchev–Trinajstić information content (AvgIpc) is 2.74. The van der Waals surface area contributed by atoms with Gasteiger partial charge in [0.25, 0.3) is 5.91 Å². The minimum atomic E-state index is -3.73. The number of carbonyl (C=O) groups is 1. The van der Waals surface area contributed by atoms with Gasteiger partial charge in [-0.15, -0.1) is 0 Å². The van der Waals surface area contributed by atoms with Crippen molar-refractivity contribution in [3.8, 4) is 0 Å². The first-order valence-electron chi connectivity index (χ1n) is 9.28. The molecule has 150 valence electrons. The predicted molar refractivity (Wildman–Crippen MR) is 112 cm³/mol. The zero-order valence-corrected chi connectivity index (χ0v) is 16.9. The number of aromatic nitrogens is 1. The van der Waals surface area contributed by atoms with Gasteiger partial charge in [-0.05, 0) is 42.3 Å². The van der Waals surface area contributed by atoms with Crippen LogP contribution in [0.15, 0.2) is 77.8 Å². The lowest BCUT2D eigenvalue weighted by Crippen LogP contribution is -2.28. The number of rotatable bonds is 8. The molecule has 0 aliphatic heterocycles. The van der Waals surface area contributed by atoms with Crippen molar-refractivity contribution in [2.24, 2.45) is 0 Å². The molecule has 1 heterocycles. The normalized spacial score (nSPS) is 11.2. The summed E-state index contributed by atoms with van der Waals surface area (Å²) >= 11 is 0. The van der Waals surface area contributed by atoms with E-state index in [0.29, 0.717) is 24.1 Å². The lowest BCUT2D eigenvalue weighted by molar-refractivity contribution is 0.0953. The largest absolute Gasteiger partial charge is 0.352 e. The Morgan fingerprint density at radius 3 is 2.48 bits per heavy atom. The van der Waals surface area contributed by atoms with Crippen LogP contribution in [0.1, 0.15) is 27.2 Å². The molecule has 0 radical (unpaired) electrons. The fraction of sp³-hybridized carbons (Fsp3) is 0.182. The third-order valence-corrected chi connectivity index (χ3v) is 5.86. The minimum Gasteiger partial charge on any atom is -0.352 e. The Hall–Kier alpha value is -3.03. The lowest BCUT2D eigenvalue weighted by Gasteiger charge is -2.11. The molecule has 7 heteroatoms. The van der Waals surface area contributed by atoms with Crippen molar-refractivity contribution in [1.82, 2.24) is 15.0 Å². The number of carbonyl (C=O) groups excluding carboxylic acids is 1. The Morgan fingerprint density at radius 1 is 1.00 bits per heavy atom. The van der Waals surface area contributed by atoms with E-state index in [2.05, 4.69) is 15.0 Å². The zero-order chi connectivity index (χ0) is 20.7. The van der Waals surface area contributed by atoms with Crippen molar-refractivity contribution in [2.45, 2.75) is 24.8 Å². The fourth-order valence-corrected chi connectivity index (χ4v) is 3.86. The van der Waals surface area contributed by atoms with Crippen LogP contribution < -0.4 is 10.0 Å². The van der Waals surface area contributed by atoms with E-state index in [9.17, 15) is 13.2 Å². The predicted octanol–water partition coefficient (Wildman–Crippen LogP) is 2.84. The third kappa shape index (κ3) is 5.73. The first-order chi connectivity index (χ1) is 14.0. The topological polar surface area (TPSA) is 88.2 Å². The highest BCUT2D eigenvalue weighted by Crippen LogP contribution is 2.16. The summed E-state index contributed by atoms with van der Waals surface area (Å²) in [5.41, 5.74) is 2.79. The van der Waals surface area contributed by atoms with Crippen LogP contribution in [0.2, 0.25) is 0 Å². The van der Waals surface area contributed by atoms with Crippen molar-refractivity contribution in [3.63, 3.8) is 0 Å². The molecule has 0 saturated carbocycles. The third-order valence-electron chi connectivity index (χ3n) is 4.47. The molecule has 1 aromatic heterocycles. The first-order valence-corrected chi connectivity index (χ1v) is 10.8. The Morgan fingerprint density at radius 2 is 1.76 bits per heavy atom. The quantitative estimate of drug-likeness (QED) is 0.599. The van der Waals surface area contributed by atoms with Gasteiger partial charge >= 0.3 is 0 Å². The molecule has 0 atom stereocenters. The molecule has 6 nitrogen and oxygen atoms in total. The number of hydrogen-bond donors (Lipinski definition) is 2. The molecule has 0 aliphatic carbocycles. The number of amides is 1. The molecule has 0 unspecified atom stereocenters.